The molecule has 2 aromatic heterocycles. The highest BCUT2D eigenvalue weighted by molar-refractivity contribution is 5.78. The van der Waals surface area contributed by atoms with Crippen molar-refractivity contribution in [1.82, 2.24) is 25.1 Å². The Balaban J connectivity index is 1.31. The van der Waals surface area contributed by atoms with E-state index in [-0.39, 0.29) is 35.4 Å². The van der Waals surface area contributed by atoms with E-state index >= 15 is 0 Å². The molecule has 1 amide bonds. The summed E-state index contributed by atoms with van der Waals surface area (Å²) < 4.78 is 59.8. The minimum absolute atomic E-state index is 0.000707. The molecular weight excluding hydrogens is 571 g/mol. The maximum Gasteiger partial charge on any atom is 0.225 e. The van der Waals surface area contributed by atoms with E-state index in [1.807, 2.05) is 24.8 Å². The lowest BCUT2D eigenvalue weighted by Crippen LogP contribution is -2.57. The lowest BCUT2D eigenvalue weighted by Gasteiger charge is -2.43. The first-order chi connectivity index (χ1) is 20.6. The molecule has 2 saturated heterocycles. The van der Waals surface area contributed by atoms with Crippen LogP contribution >= 0.6 is 0 Å². The van der Waals surface area contributed by atoms with Crippen molar-refractivity contribution < 1.29 is 42.2 Å². The van der Waals surface area contributed by atoms with Gasteiger partial charge in [0.15, 0.2) is 17.5 Å². The average Bonchev–Trinajstić information content (AvgIpc) is 3.70. The summed E-state index contributed by atoms with van der Waals surface area (Å²) in [5, 5.41) is 33.3. The summed E-state index contributed by atoms with van der Waals surface area (Å²) in [6.45, 7) is 4.74. The number of carbonyl (C=O) groups is 1. The Hall–Kier alpha value is -3.33. The van der Waals surface area contributed by atoms with Gasteiger partial charge in [0, 0.05) is 50.1 Å². The molecule has 0 spiro atoms. The maximum absolute atomic E-state index is 13.8. The zero-order valence-corrected chi connectivity index (χ0v) is 24.2. The maximum atomic E-state index is 13.8. The van der Waals surface area contributed by atoms with Crippen LogP contribution in [-0.4, -0.2) is 92.4 Å². The van der Waals surface area contributed by atoms with E-state index in [9.17, 15) is 28.2 Å². The number of nitrogens with zero attached hydrogens (tertiary/aromatic N) is 5. The van der Waals surface area contributed by atoms with Crippen LogP contribution in [0.2, 0.25) is 0 Å². The lowest BCUT2D eigenvalue weighted by atomic mass is 9.89. The summed E-state index contributed by atoms with van der Waals surface area (Å²) in [5.74, 6) is -3.34. The summed E-state index contributed by atoms with van der Waals surface area (Å²) in [4.78, 5) is 14.5. The zero-order valence-electron chi connectivity index (χ0n) is 24.2. The Labute approximate surface area is 246 Å². The number of carbonyl (C=O) groups excluding carboxylic acids is 1. The van der Waals surface area contributed by atoms with Crippen molar-refractivity contribution in [2.24, 2.45) is 5.92 Å². The van der Waals surface area contributed by atoms with Crippen LogP contribution in [0.3, 0.4) is 0 Å². The first-order valence-corrected chi connectivity index (χ1v) is 14.4. The van der Waals surface area contributed by atoms with Gasteiger partial charge in [0.05, 0.1) is 24.6 Å². The molecule has 1 aromatic carbocycles. The van der Waals surface area contributed by atoms with Gasteiger partial charge in [0.1, 0.15) is 35.8 Å². The standard InChI is InChI=1S/C29H36F3N5O6/c1-4-15(2)29(40)36-7-5-16(6-8-36)22-11-18(34-43-22)12-23-28(41-3)26(27(39)24(14-38)42-23)37-13-21(33-35-37)17-9-19(30)25(32)20(31)10-17/h9-11,13,15-16,23-24,26-28,38-39H,4-8,12,14H2,1-3H3/t15-,23-,24-,26+,27+,28+/m1/s1. The monoisotopic (exact) mass is 607 g/mol. The highest BCUT2D eigenvalue weighted by Gasteiger charge is 2.47. The van der Waals surface area contributed by atoms with E-state index in [4.69, 9.17) is 14.0 Å². The van der Waals surface area contributed by atoms with Crippen LogP contribution in [0.1, 0.15) is 56.5 Å². The topological polar surface area (TPSA) is 136 Å². The fourth-order valence-electron chi connectivity index (χ4n) is 5.88. The first-order valence-electron chi connectivity index (χ1n) is 14.4. The van der Waals surface area contributed by atoms with Crippen molar-refractivity contribution in [3.63, 3.8) is 0 Å². The van der Waals surface area contributed by atoms with Gasteiger partial charge < -0.3 is 29.1 Å². The predicted molar refractivity (Wildman–Crippen MR) is 145 cm³/mol. The van der Waals surface area contributed by atoms with E-state index in [0.29, 0.717) is 24.5 Å². The number of rotatable bonds is 9. The Morgan fingerprint density at radius 3 is 2.49 bits per heavy atom. The minimum Gasteiger partial charge on any atom is -0.394 e. The summed E-state index contributed by atoms with van der Waals surface area (Å²) in [6.07, 6.45) is 0.118. The second-order valence-corrected chi connectivity index (χ2v) is 11.2. The number of hydrogen-bond donors (Lipinski definition) is 2. The van der Waals surface area contributed by atoms with E-state index in [0.717, 1.165) is 31.4 Å². The molecule has 2 aliphatic rings. The van der Waals surface area contributed by atoms with Crippen LogP contribution in [0, 0.1) is 23.4 Å². The molecule has 11 nitrogen and oxygen atoms in total. The molecule has 0 radical (unpaired) electrons. The van der Waals surface area contributed by atoms with Gasteiger partial charge in [-0.05, 0) is 31.4 Å². The number of piperidine rings is 1. The quantitative estimate of drug-likeness (QED) is 0.352. The highest BCUT2D eigenvalue weighted by atomic mass is 19.2. The van der Waals surface area contributed by atoms with Crippen LogP contribution in [0.15, 0.2) is 28.9 Å². The molecular formula is C29H36F3N5O6. The fraction of sp³-hybridized carbons (Fsp3) is 0.586. The van der Waals surface area contributed by atoms with Gasteiger partial charge in [-0.1, -0.05) is 24.2 Å². The van der Waals surface area contributed by atoms with Crippen LogP contribution < -0.4 is 0 Å². The van der Waals surface area contributed by atoms with Gasteiger partial charge >= 0.3 is 0 Å². The van der Waals surface area contributed by atoms with Crippen LogP contribution in [0.4, 0.5) is 13.2 Å². The third kappa shape index (κ3) is 6.33. The molecule has 2 N–H and O–H groups in total. The van der Waals surface area contributed by atoms with Gasteiger partial charge in [-0.2, -0.15) is 0 Å². The van der Waals surface area contributed by atoms with Gasteiger partial charge in [-0.25, -0.2) is 17.9 Å². The third-order valence-electron chi connectivity index (χ3n) is 8.56. The van der Waals surface area contributed by atoms with Crippen LogP contribution in [-0.2, 0) is 20.7 Å². The normalized spacial score (nSPS) is 25.7. The largest absolute Gasteiger partial charge is 0.394 e. The second-order valence-electron chi connectivity index (χ2n) is 11.2. The molecule has 234 valence electrons. The number of aliphatic hydroxyl groups excluding tert-OH is 2. The fourth-order valence-corrected chi connectivity index (χ4v) is 5.88. The zero-order chi connectivity index (χ0) is 30.8. The summed E-state index contributed by atoms with van der Waals surface area (Å²) in [6, 6.07) is 2.55. The van der Waals surface area contributed by atoms with E-state index in [1.165, 1.54) is 18.0 Å². The molecule has 0 bridgehead atoms. The number of benzene rings is 1. The number of methoxy groups -OCH3 is 1. The van der Waals surface area contributed by atoms with Crippen molar-refractivity contribution in [3.8, 4) is 11.3 Å². The minimum atomic E-state index is -1.60. The summed E-state index contributed by atoms with van der Waals surface area (Å²) >= 11 is 0. The number of aliphatic hydroxyl groups is 2. The summed E-state index contributed by atoms with van der Waals surface area (Å²) in [5.41, 5.74) is 0.587. The third-order valence-corrected chi connectivity index (χ3v) is 8.56. The number of halogens is 3. The number of amides is 1. The molecule has 6 atom stereocenters. The average molecular weight is 608 g/mol. The molecule has 43 heavy (non-hydrogen) atoms. The SMILES string of the molecule is CC[C@@H](C)C(=O)N1CCC(c2cc(C[C@H]3O[C@H](CO)[C@H](O)[C@H](n4cc(-c5cc(F)c(F)c(F)c5)nn4)[C@H]3OC)no2)CC1. The number of likely N-dealkylation sites (tertiary alicyclic amines) is 1. The Morgan fingerprint density at radius 1 is 1.16 bits per heavy atom. The highest BCUT2D eigenvalue weighted by Crippen LogP contribution is 2.35. The molecule has 0 unspecified atom stereocenters. The molecule has 0 aliphatic carbocycles. The number of hydrogen-bond acceptors (Lipinski definition) is 9. The molecule has 4 heterocycles. The molecule has 2 aliphatic heterocycles. The predicted octanol–water partition coefficient (Wildman–Crippen LogP) is 3.02. The van der Waals surface area contributed by atoms with E-state index in [2.05, 4.69) is 15.5 Å². The lowest BCUT2D eigenvalue weighted by molar-refractivity contribution is -0.212. The van der Waals surface area contributed by atoms with Gasteiger partial charge in [-0.15, -0.1) is 5.10 Å². The molecule has 14 heteroatoms. The molecule has 3 aromatic rings. The molecule has 5 rings (SSSR count). The Morgan fingerprint density at radius 2 is 1.86 bits per heavy atom. The van der Waals surface area contributed by atoms with Crippen molar-refractivity contribution in [1.29, 1.82) is 0 Å². The summed E-state index contributed by atoms with van der Waals surface area (Å²) in [7, 11) is 1.44. The second kappa shape index (κ2) is 13.1. The van der Waals surface area contributed by atoms with Crippen molar-refractivity contribution in [3.05, 3.63) is 53.3 Å². The smallest absolute Gasteiger partial charge is 0.225 e. The van der Waals surface area contributed by atoms with Crippen molar-refractivity contribution in [2.45, 2.75) is 75.9 Å². The number of ether oxygens (including phenoxy) is 2. The Kier molecular flexibility index (Phi) is 9.49. The first kappa shape index (κ1) is 31.1. The van der Waals surface area contributed by atoms with Crippen molar-refractivity contribution in [2.75, 3.05) is 26.8 Å². The molecule has 0 saturated carbocycles. The van der Waals surface area contributed by atoms with Gasteiger partial charge in [0.25, 0.3) is 0 Å². The van der Waals surface area contributed by atoms with Crippen LogP contribution in [0.5, 0.6) is 0 Å². The van der Waals surface area contributed by atoms with E-state index in [1.54, 1.807) is 0 Å². The van der Waals surface area contributed by atoms with E-state index < -0.39 is 54.5 Å². The van der Waals surface area contributed by atoms with Gasteiger partial charge in [-0.3, -0.25) is 4.79 Å². The van der Waals surface area contributed by atoms with Crippen LogP contribution in [0.25, 0.3) is 11.3 Å². The molecule has 2 fully saturated rings. The number of aromatic nitrogens is 4. The van der Waals surface area contributed by atoms with Gasteiger partial charge in [0.2, 0.25) is 5.91 Å². The Bertz CT molecular complexity index is 1390. The van der Waals surface area contributed by atoms with Crippen molar-refractivity contribution >= 4 is 5.91 Å².